The minimum absolute atomic E-state index is 0.786. The van der Waals surface area contributed by atoms with E-state index in [0.29, 0.717) is 0 Å². The van der Waals surface area contributed by atoms with Crippen molar-refractivity contribution in [3.63, 3.8) is 0 Å². The highest BCUT2D eigenvalue weighted by atomic mass is 79.9. The molecule has 0 atom stereocenters. The fourth-order valence-electron chi connectivity index (χ4n) is 0.986. The Kier molecular flexibility index (Phi) is 3.47. The van der Waals surface area contributed by atoms with E-state index < -0.39 is 0 Å². The molecule has 1 rings (SSSR count). The van der Waals surface area contributed by atoms with Gasteiger partial charge < -0.3 is 4.90 Å². The van der Waals surface area contributed by atoms with E-state index in [1.54, 1.807) is 6.20 Å². The molecule has 0 spiro atoms. The number of hydrogen-bond donors (Lipinski definition) is 0. The third kappa shape index (κ3) is 2.17. The van der Waals surface area contributed by atoms with Crippen molar-refractivity contribution in [3.05, 3.63) is 16.9 Å². The van der Waals surface area contributed by atoms with E-state index in [4.69, 9.17) is 0 Å². The van der Waals surface area contributed by atoms with Crippen molar-refractivity contribution in [1.82, 2.24) is 9.97 Å². The first-order valence-electron chi connectivity index (χ1n) is 4.01. The standard InChI is InChI=1S/C8H12BrN3/c1-3-12(4-2)8-10-6-5-7(9)11-8/h5-6H,3-4H2,1-2H3. The molecular formula is C8H12BrN3. The molecule has 0 saturated heterocycles. The lowest BCUT2D eigenvalue weighted by atomic mass is 10.5. The van der Waals surface area contributed by atoms with Crippen LogP contribution in [-0.4, -0.2) is 23.1 Å². The van der Waals surface area contributed by atoms with Crippen LogP contribution in [-0.2, 0) is 0 Å². The van der Waals surface area contributed by atoms with Gasteiger partial charge in [-0.3, -0.25) is 0 Å². The van der Waals surface area contributed by atoms with Crippen LogP contribution in [0.1, 0.15) is 13.8 Å². The van der Waals surface area contributed by atoms with Crippen LogP contribution < -0.4 is 4.90 Å². The van der Waals surface area contributed by atoms with Gasteiger partial charge in [-0.1, -0.05) is 0 Å². The highest BCUT2D eigenvalue weighted by molar-refractivity contribution is 9.10. The van der Waals surface area contributed by atoms with Crippen LogP contribution in [0.4, 0.5) is 5.95 Å². The molecule has 4 heteroatoms. The van der Waals surface area contributed by atoms with Gasteiger partial charge in [0.2, 0.25) is 5.95 Å². The number of rotatable bonds is 3. The molecule has 0 aromatic carbocycles. The average molecular weight is 230 g/mol. The van der Waals surface area contributed by atoms with Crippen molar-refractivity contribution in [3.8, 4) is 0 Å². The Bertz CT molecular complexity index is 248. The third-order valence-electron chi connectivity index (χ3n) is 1.66. The van der Waals surface area contributed by atoms with Crippen molar-refractivity contribution >= 4 is 21.9 Å². The molecule has 3 nitrogen and oxygen atoms in total. The van der Waals surface area contributed by atoms with Crippen LogP contribution in [0.2, 0.25) is 0 Å². The Morgan fingerprint density at radius 3 is 2.58 bits per heavy atom. The minimum atomic E-state index is 0.786. The Balaban J connectivity index is 2.85. The van der Waals surface area contributed by atoms with Gasteiger partial charge in [0, 0.05) is 19.3 Å². The van der Waals surface area contributed by atoms with Gasteiger partial charge in [-0.05, 0) is 35.8 Å². The van der Waals surface area contributed by atoms with Crippen LogP contribution in [0, 0.1) is 0 Å². The van der Waals surface area contributed by atoms with Crippen molar-refractivity contribution in [1.29, 1.82) is 0 Å². The number of anilines is 1. The average Bonchev–Trinajstić information content (AvgIpc) is 2.07. The molecule has 0 radical (unpaired) electrons. The van der Waals surface area contributed by atoms with Crippen molar-refractivity contribution < 1.29 is 0 Å². The van der Waals surface area contributed by atoms with E-state index >= 15 is 0 Å². The predicted molar refractivity (Wildman–Crippen MR) is 53.3 cm³/mol. The summed E-state index contributed by atoms with van der Waals surface area (Å²) >= 11 is 3.31. The maximum Gasteiger partial charge on any atom is 0.226 e. The maximum absolute atomic E-state index is 4.25. The van der Waals surface area contributed by atoms with Gasteiger partial charge in [-0.15, -0.1) is 0 Å². The van der Waals surface area contributed by atoms with E-state index in [1.807, 2.05) is 6.07 Å². The molecule has 0 aliphatic heterocycles. The van der Waals surface area contributed by atoms with Crippen LogP contribution in [0.25, 0.3) is 0 Å². The van der Waals surface area contributed by atoms with Gasteiger partial charge in [0.15, 0.2) is 0 Å². The summed E-state index contributed by atoms with van der Waals surface area (Å²) in [6.45, 7) is 6.06. The van der Waals surface area contributed by atoms with Gasteiger partial charge in [0.25, 0.3) is 0 Å². The fourth-order valence-corrected chi connectivity index (χ4v) is 1.26. The second-order valence-corrected chi connectivity index (χ2v) is 3.16. The summed E-state index contributed by atoms with van der Waals surface area (Å²) in [5.74, 6) is 0.786. The van der Waals surface area contributed by atoms with Gasteiger partial charge >= 0.3 is 0 Å². The smallest absolute Gasteiger partial charge is 0.226 e. The summed E-state index contributed by atoms with van der Waals surface area (Å²) < 4.78 is 0.833. The zero-order valence-electron chi connectivity index (χ0n) is 7.29. The normalized spacial score (nSPS) is 9.92. The summed E-state index contributed by atoms with van der Waals surface area (Å²) in [6, 6.07) is 1.83. The number of nitrogens with zero attached hydrogens (tertiary/aromatic N) is 3. The largest absolute Gasteiger partial charge is 0.341 e. The molecule has 0 aliphatic rings. The summed E-state index contributed by atoms with van der Waals surface area (Å²) in [7, 11) is 0. The van der Waals surface area contributed by atoms with E-state index in [-0.39, 0.29) is 0 Å². The van der Waals surface area contributed by atoms with Gasteiger partial charge in [-0.2, -0.15) is 0 Å². The molecule has 66 valence electrons. The molecule has 0 saturated carbocycles. The van der Waals surface area contributed by atoms with Crippen molar-refractivity contribution in [2.45, 2.75) is 13.8 Å². The summed E-state index contributed by atoms with van der Waals surface area (Å²) in [5.41, 5.74) is 0. The van der Waals surface area contributed by atoms with Gasteiger partial charge in [0.1, 0.15) is 4.60 Å². The van der Waals surface area contributed by atoms with E-state index in [2.05, 4.69) is 44.6 Å². The fraction of sp³-hybridized carbons (Fsp3) is 0.500. The Labute approximate surface area is 81.0 Å². The summed E-state index contributed by atoms with van der Waals surface area (Å²) in [6.07, 6.45) is 1.75. The third-order valence-corrected chi connectivity index (χ3v) is 2.10. The van der Waals surface area contributed by atoms with Crippen LogP contribution in [0.3, 0.4) is 0 Å². The first kappa shape index (κ1) is 9.45. The molecule has 0 amide bonds. The van der Waals surface area contributed by atoms with Gasteiger partial charge in [-0.25, -0.2) is 9.97 Å². The quantitative estimate of drug-likeness (QED) is 0.744. The number of aromatic nitrogens is 2. The lowest BCUT2D eigenvalue weighted by Crippen LogP contribution is -2.23. The Morgan fingerprint density at radius 2 is 2.08 bits per heavy atom. The van der Waals surface area contributed by atoms with Crippen molar-refractivity contribution in [2.24, 2.45) is 0 Å². The van der Waals surface area contributed by atoms with Crippen LogP contribution >= 0.6 is 15.9 Å². The minimum Gasteiger partial charge on any atom is -0.341 e. The molecule has 0 fully saturated rings. The predicted octanol–water partition coefficient (Wildman–Crippen LogP) is 2.09. The zero-order valence-corrected chi connectivity index (χ0v) is 8.87. The highest BCUT2D eigenvalue weighted by Crippen LogP contribution is 2.10. The van der Waals surface area contributed by atoms with E-state index in [1.165, 1.54) is 0 Å². The monoisotopic (exact) mass is 229 g/mol. The first-order chi connectivity index (χ1) is 5.77. The Morgan fingerprint density at radius 1 is 1.42 bits per heavy atom. The van der Waals surface area contributed by atoms with E-state index in [0.717, 1.165) is 23.6 Å². The SMILES string of the molecule is CCN(CC)c1nccc(Br)n1. The number of hydrogen-bond acceptors (Lipinski definition) is 3. The lowest BCUT2D eigenvalue weighted by molar-refractivity contribution is 0.818. The summed E-state index contributed by atoms with van der Waals surface area (Å²) in [4.78, 5) is 10.5. The summed E-state index contributed by atoms with van der Waals surface area (Å²) in [5, 5.41) is 0. The second kappa shape index (κ2) is 4.40. The maximum atomic E-state index is 4.25. The first-order valence-corrected chi connectivity index (χ1v) is 4.80. The van der Waals surface area contributed by atoms with Crippen molar-refractivity contribution in [2.75, 3.05) is 18.0 Å². The molecule has 0 bridgehead atoms. The van der Waals surface area contributed by atoms with Crippen LogP contribution in [0.15, 0.2) is 16.9 Å². The highest BCUT2D eigenvalue weighted by Gasteiger charge is 2.03. The van der Waals surface area contributed by atoms with Gasteiger partial charge in [0.05, 0.1) is 0 Å². The lowest BCUT2D eigenvalue weighted by Gasteiger charge is -2.17. The molecular weight excluding hydrogens is 218 g/mol. The zero-order chi connectivity index (χ0) is 8.97. The second-order valence-electron chi connectivity index (χ2n) is 2.35. The topological polar surface area (TPSA) is 29.0 Å². The molecule has 0 N–H and O–H groups in total. The molecule has 1 heterocycles. The molecule has 0 unspecified atom stereocenters. The van der Waals surface area contributed by atoms with E-state index in [9.17, 15) is 0 Å². The molecule has 0 aliphatic carbocycles. The molecule has 1 aromatic rings. The molecule has 1 aromatic heterocycles. The number of halogens is 1. The van der Waals surface area contributed by atoms with Crippen LogP contribution in [0.5, 0.6) is 0 Å². The molecule has 12 heavy (non-hydrogen) atoms. The Hall–Kier alpha value is -0.640.